The van der Waals surface area contributed by atoms with E-state index in [1.54, 1.807) is 0 Å². The van der Waals surface area contributed by atoms with Crippen molar-refractivity contribution in [2.45, 2.75) is 27.7 Å². The molecule has 0 aliphatic rings. The second kappa shape index (κ2) is 13.6. The minimum atomic E-state index is -0.850. The molecule has 2 N–H and O–H groups in total. The first kappa shape index (κ1) is 25.4. The Morgan fingerprint density at radius 1 is 0.812 bits per heavy atom. The molecule has 0 aromatic heterocycles. The van der Waals surface area contributed by atoms with Crippen LogP contribution in [0.3, 0.4) is 0 Å². The van der Waals surface area contributed by atoms with Crippen molar-refractivity contribution in [1.29, 1.82) is 0 Å². The fourth-order valence-corrected chi connectivity index (χ4v) is 1.83. The minimum absolute atomic E-state index is 0. The largest absolute Gasteiger partial charge is 1.00 e. The van der Waals surface area contributed by atoms with Crippen molar-refractivity contribution in [3.8, 4) is 0 Å². The van der Waals surface area contributed by atoms with Gasteiger partial charge in [0.05, 0.1) is 0 Å². The molecule has 4 nitrogen and oxygen atoms in total. The molecule has 0 aromatic carbocycles. The molecule has 0 unspecified atom stereocenters. The Bertz CT molecular complexity index is 184. The third-order valence-electron chi connectivity index (χ3n) is 1.42. The second-order valence-corrected chi connectivity index (χ2v) is 4.58. The quantitative estimate of drug-likeness (QED) is 0.504. The van der Waals surface area contributed by atoms with Crippen molar-refractivity contribution in [1.82, 2.24) is 7.60 Å². The van der Waals surface area contributed by atoms with Gasteiger partial charge in [0.15, 0.2) is 0 Å². The van der Waals surface area contributed by atoms with E-state index in [4.69, 9.17) is 0 Å². The SMILES string of the molecule is CC(C)C(=O)[NH][Ti+3][NH]C(=O)C(C)C.[Cl-].[Cl-].[Cl-]. The molecule has 0 aliphatic heterocycles. The standard InChI is InChI=1S/2C4H9NO.3ClH.Ti/c2*1-3(2)4(5)6;;;;/h2*3H,1-2H3,(H2,5,6);3*1H;/q;;;;;+5/p-5. The van der Waals surface area contributed by atoms with Gasteiger partial charge in [-0.3, -0.25) is 0 Å². The average molecular weight is 326 g/mol. The molecule has 0 atom stereocenters. The molecule has 8 heteroatoms. The molecule has 0 spiro atoms. The van der Waals surface area contributed by atoms with E-state index in [1.807, 2.05) is 27.7 Å². The summed E-state index contributed by atoms with van der Waals surface area (Å²) >= 11 is -0.850. The Labute approximate surface area is 125 Å². The average Bonchev–Trinajstić information content (AvgIpc) is 2.03. The fraction of sp³-hybridized carbons (Fsp3) is 0.750. The molecule has 0 fully saturated rings. The predicted molar refractivity (Wildman–Crippen MR) is 46.0 cm³/mol. The van der Waals surface area contributed by atoms with Crippen molar-refractivity contribution < 1.29 is 66.5 Å². The Kier molecular flexibility index (Phi) is 21.6. The summed E-state index contributed by atoms with van der Waals surface area (Å²) in [6.45, 7) is 7.30. The summed E-state index contributed by atoms with van der Waals surface area (Å²) in [5.41, 5.74) is 0. The normalized spacial score (nSPS) is 7.88. The monoisotopic (exact) mass is 325 g/mol. The number of halogens is 3. The summed E-state index contributed by atoms with van der Waals surface area (Å²) in [4.78, 5) is 22.1. The van der Waals surface area contributed by atoms with Gasteiger partial charge in [-0.25, -0.2) is 0 Å². The van der Waals surface area contributed by atoms with Crippen LogP contribution in [0.15, 0.2) is 0 Å². The molecular weight excluding hydrogens is 310 g/mol. The molecule has 0 heterocycles. The number of carbonyl (C=O) groups is 2. The van der Waals surface area contributed by atoms with Crippen LogP contribution in [0.5, 0.6) is 0 Å². The summed E-state index contributed by atoms with van der Waals surface area (Å²) < 4.78 is 5.44. The van der Waals surface area contributed by atoms with Crippen molar-refractivity contribution in [3.05, 3.63) is 0 Å². The predicted octanol–water partition coefficient (Wildman–Crippen LogP) is -8.54. The first-order valence-corrected chi connectivity index (χ1v) is 5.86. The van der Waals surface area contributed by atoms with Crippen molar-refractivity contribution >= 4 is 11.8 Å². The molecule has 0 rings (SSSR count). The van der Waals surface area contributed by atoms with Crippen molar-refractivity contribution in [2.75, 3.05) is 0 Å². The smallest absolute Gasteiger partial charge is 1.00 e. The van der Waals surface area contributed by atoms with Gasteiger partial charge in [0.25, 0.3) is 0 Å². The van der Waals surface area contributed by atoms with E-state index in [0.29, 0.717) is 0 Å². The molecule has 2 amide bonds. The molecule has 0 aliphatic carbocycles. The molecule has 95 valence electrons. The van der Waals surface area contributed by atoms with Gasteiger partial charge in [0.1, 0.15) is 0 Å². The molecule has 0 aromatic rings. The molecule has 0 radical (unpaired) electrons. The number of hydrogen-bond acceptors (Lipinski definition) is 2. The van der Waals surface area contributed by atoms with E-state index in [2.05, 4.69) is 7.60 Å². The second-order valence-electron chi connectivity index (χ2n) is 3.41. The zero-order chi connectivity index (χ0) is 10.4. The van der Waals surface area contributed by atoms with Gasteiger partial charge in [0, 0.05) is 0 Å². The van der Waals surface area contributed by atoms with Gasteiger partial charge in [-0.05, 0) is 0 Å². The van der Waals surface area contributed by atoms with Gasteiger partial charge in [-0.2, -0.15) is 0 Å². The van der Waals surface area contributed by atoms with Gasteiger partial charge in [-0.1, -0.05) is 0 Å². The van der Waals surface area contributed by atoms with Gasteiger partial charge >= 0.3 is 88.2 Å². The van der Waals surface area contributed by atoms with Crippen LogP contribution in [0.25, 0.3) is 0 Å². The zero-order valence-electron chi connectivity index (χ0n) is 9.61. The topological polar surface area (TPSA) is 58.2 Å². The maximum Gasteiger partial charge on any atom is -1.00 e. The van der Waals surface area contributed by atoms with Crippen LogP contribution < -0.4 is 44.8 Å². The van der Waals surface area contributed by atoms with E-state index < -0.39 is 19.7 Å². The van der Waals surface area contributed by atoms with Crippen LogP contribution in [0.2, 0.25) is 0 Å². The van der Waals surface area contributed by atoms with Crippen LogP contribution in [0.1, 0.15) is 27.7 Å². The summed E-state index contributed by atoms with van der Waals surface area (Å²) in [5.74, 6) is -0.0208. The van der Waals surface area contributed by atoms with Crippen LogP contribution in [0, 0.1) is 11.8 Å². The van der Waals surface area contributed by atoms with E-state index in [-0.39, 0.29) is 60.9 Å². The van der Waals surface area contributed by atoms with E-state index in [0.717, 1.165) is 0 Å². The molecule has 0 saturated carbocycles. The summed E-state index contributed by atoms with van der Waals surface area (Å²) in [6, 6.07) is 0. The summed E-state index contributed by atoms with van der Waals surface area (Å²) in [5, 5.41) is 0. The third-order valence-corrected chi connectivity index (χ3v) is 2.58. The zero-order valence-corrected chi connectivity index (χ0v) is 13.4. The number of amides is 2. The molecule has 16 heavy (non-hydrogen) atoms. The summed E-state index contributed by atoms with van der Waals surface area (Å²) in [6.07, 6.45) is 0. The number of carbonyl (C=O) groups excluding carboxylic acids is 2. The summed E-state index contributed by atoms with van der Waals surface area (Å²) in [7, 11) is 0. The molecular formula is C8H16Cl3N2O2Ti. The van der Waals surface area contributed by atoms with Crippen molar-refractivity contribution in [3.63, 3.8) is 0 Å². The van der Waals surface area contributed by atoms with Crippen molar-refractivity contribution in [2.24, 2.45) is 11.8 Å². The van der Waals surface area contributed by atoms with E-state index >= 15 is 0 Å². The maximum absolute atomic E-state index is 11.1. The number of hydrogen-bond donors (Lipinski definition) is 2. The van der Waals surface area contributed by atoms with Gasteiger partial charge in [-0.15, -0.1) is 0 Å². The Balaban J connectivity index is -0.000000240. The Morgan fingerprint density at radius 2 is 1.06 bits per heavy atom. The number of rotatable bonds is 4. The van der Waals surface area contributed by atoms with E-state index in [1.165, 1.54) is 0 Å². The third kappa shape index (κ3) is 12.6. The first-order valence-electron chi connectivity index (χ1n) is 4.29. The molecule has 0 saturated heterocycles. The van der Waals surface area contributed by atoms with Crippen LogP contribution in [-0.4, -0.2) is 11.8 Å². The number of nitrogens with one attached hydrogen (secondary N) is 2. The molecule has 0 bridgehead atoms. The van der Waals surface area contributed by atoms with Gasteiger partial charge < -0.3 is 37.2 Å². The van der Waals surface area contributed by atoms with Crippen LogP contribution in [-0.2, 0) is 29.3 Å². The Hall–Kier alpha value is 0.524. The van der Waals surface area contributed by atoms with Crippen LogP contribution in [0.4, 0.5) is 0 Å². The first-order chi connectivity index (χ1) is 5.95. The van der Waals surface area contributed by atoms with E-state index in [9.17, 15) is 9.59 Å². The Morgan fingerprint density at radius 3 is 1.25 bits per heavy atom. The maximum atomic E-state index is 11.1. The van der Waals surface area contributed by atoms with Crippen LogP contribution >= 0.6 is 0 Å². The minimum Gasteiger partial charge on any atom is -1.00 e. The van der Waals surface area contributed by atoms with Gasteiger partial charge in [0.2, 0.25) is 0 Å². The fourth-order valence-electron chi connectivity index (χ4n) is 0.443.